The van der Waals surface area contributed by atoms with E-state index in [-0.39, 0.29) is 5.92 Å². The molecule has 0 atom stereocenters. The molecule has 0 radical (unpaired) electrons. The number of rotatable bonds is 4. The van der Waals surface area contributed by atoms with Gasteiger partial charge in [0.05, 0.1) is 12.2 Å². The number of nitrogens with zero attached hydrogens (tertiary/aromatic N) is 1. The maximum absolute atomic E-state index is 12.5. The SMILES string of the molecule is CCCOc1ncc(C(F)(F)F)cc1C(C)C. The first-order chi connectivity index (χ1) is 7.86. The van der Waals surface area contributed by atoms with Gasteiger partial charge < -0.3 is 4.74 Å². The molecule has 1 rings (SSSR count). The van der Waals surface area contributed by atoms with Crippen LogP contribution in [0.1, 0.15) is 44.2 Å². The van der Waals surface area contributed by atoms with E-state index >= 15 is 0 Å². The van der Waals surface area contributed by atoms with Gasteiger partial charge in [-0.3, -0.25) is 0 Å². The van der Waals surface area contributed by atoms with E-state index in [4.69, 9.17) is 4.74 Å². The Bertz CT molecular complexity index is 375. The minimum Gasteiger partial charge on any atom is -0.477 e. The van der Waals surface area contributed by atoms with Crippen LogP contribution >= 0.6 is 0 Å². The van der Waals surface area contributed by atoms with Crippen molar-refractivity contribution in [3.63, 3.8) is 0 Å². The van der Waals surface area contributed by atoms with Crippen molar-refractivity contribution in [2.75, 3.05) is 6.61 Å². The Hall–Kier alpha value is -1.26. The van der Waals surface area contributed by atoms with Crippen LogP contribution in [0.3, 0.4) is 0 Å². The zero-order valence-electron chi connectivity index (χ0n) is 10.1. The first kappa shape index (κ1) is 13.8. The average molecular weight is 247 g/mol. The summed E-state index contributed by atoms with van der Waals surface area (Å²) in [5.74, 6) is 0.242. The summed E-state index contributed by atoms with van der Waals surface area (Å²) in [5.41, 5.74) is -0.238. The Balaban J connectivity index is 3.08. The summed E-state index contributed by atoms with van der Waals surface area (Å²) in [4.78, 5) is 3.76. The molecule has 1 aromatic heterocycles. The molecule has 0 fully saturated rings. The molecule has 0 aliphatic carbocycles. The second-order valence-electron chi connectivity index (χ2n) is 4.12. The number of hydrogen-bond acceptors (Lipinski definition) is 2. The molecule has 0 spiro atoms. The average Bonchev–Trinajstić information content (AvgIpc) is 2.24. The Kier molecular flexibility index (Phi) is 4.37. The summed E-state index contributed by atoms with van der Waals surface area (Å²) < 4.78 is 42.9. The highest BCUT2D eigenvalue weighted by atomic mass is 19.4. The van der Waals surface area contributed by atoms with Crippen molar-refractivity contribution < 1.29 is 17.9 Å². The molecule has 0 aliphatic rings. The quantitative estimate of drug-likeness (QED) is 0.801. The standard InChI is InChI=1S/C12H16F3NO/c1-4-5-17-11-10(8(2)3)6-9(7-16-11)12(13,14)15/h6-8H,4-5H2,1-3H3. The van der Waals surface area contributed by atoms with Gasteiger partial charge in [0.15, 0.2) is 0 Å². The first-order valence-corrected chi connectivity index (χ1v) is 5.56. The predicted octanol–water partition coefficient (Wildman–Crippen LogP) is 4.01. The summed E-state index contributed by atoms with van der Waals surface area (Å²) in [6, 6.07) is 1.11. The third-order valence-corrected chi connectivity index (χ3v) is 2.27. The van der Waals surface area contributed by atoms with Gasteiger partial charge in [-0.25, -0.2) is 4.98 Å². The van der Waals surface area contributed by atoms with Crippen molar-refractivity contribution in [3.05, 3.63) is 23.4 Å². The second kappa shape index (κ2) is 5.38. The number of halogens is 3. The molecule has 96 valence electrons. The highest BCUT2D eigenvalue weighted by molar-refractivity contribution is 5.33. The number of pyridine rings is 1. The highest BCUT2D eigenvalue weighted by Crippen LogP contribution is 2.33. The van der Waals surface area contributed by atoms with Gasteiger partial charge in [-0.1, -0.05) is 20.8 Å². The van der Waals surface area contributed by atoms with Crippen molar-refractivity contribution in [3.8, 4) is 5.88 Å². The number of ether oxygens (including phenoxy) is 1. The van der Waals surface area contributed by atoms with Crippen molar-refractivity contribution in [2.45, 2.75) is 39.3 Å². The molecule has 0 saturated heterocycles. The van der Waals surface area contributed by atoms with Crippen LogP contribution in [0, 0.1) is 0 Å². The molecule has 2 nitrogen and oxygen atoms in total. The Morgan fingerprint density at radius 3 is 2.47 bits per heavy atom. The van der Waals surface area contributed by atoms with Crippen LogP contribution in [0.4, 0.5) is 13.2 Å². The molecule has 0 N–H and O–H groups in total. The molecule has 0 saturated carbocycles. The van der Waals surface area contributed by atoms with Crippen LogP contribution in [-0.2, 0) is 6.18 Å². The fraction of sp³-hybridized carbons (Fsp3) is 0.583. The van der Waals surface area contributed by atoms with Gasteiger partial charge in [0, 0.05) is 11.8 Å². The van der Waals surface area contributed by atoms with E-state index in [0.717, 1.165) is 18.7 Å². The largest absolute Gasteiger partial charge is 0.477 e. The molecule has 1 aromatic rings. The highest BCUT2D eigenvalue weighted by Gasteiger charge is 2.32. The summed E-state index contributed by atoms with van der Waals surface area (Å²) in [6.07, 6.45) is -2.75. The number of alkyl halides is 3. The summed E-state index contributed by atoms with van der Waals surface area (Å²) in [7, 11) is 0. The van der Waals surface area contributed by atoms with E-state index in [2.05, 4.69) is 4.98 Å². The summed E-state index contributed by atoms with van der Waals surface area (Å²) >= 11 is 0. The molecule has 0 aromatic carbocycles. The van der Waals surface area contributed by atoms with Gasteiger partial charge in [-0.2, -0.15) is 13.2 Å². The normalized spacial score (nSPS) is 11.9. The van der Waals surface area contributed by atoms with Crippen LogP contribution in [0.25, 0.3) is 0 Å². The van der Waals surface area contributed by atoms with E-state index < -0.39 is 11.7 Å². The van der Waals surface area contributed by atoms with E-state index in [0.29, 0.717) is 18.1 Å². The predicted molar refractivity (Wildman–Crippen MR) is 59.1 cm³/mol. The van der Waals surface area contributed by atoms with Crippen molar-refractivity contribution >= 4 is 0 Å². The first-order valence-electron chi connectivity index (χ1n) is 5.56. The smallest absolute Gasteiger partial charge is 0.417 e. The Morgan fingerprint density at radius 1 is 1.35 bits per heavy atom. The maximum atomic E-state index is 12.5. The molecule has 1 heterocycles. The van der Waals surface area contributed by atoms with Gasteiger partial charge >= 0.3 is 6.18 Å². The van der Waals surface area contributed by atoms with Crippen LogP contribution in [0.5, 0.6) is 5.88 Å². The van der Waals surface area contributed by atoms with Crippen LogP contribution in [-0.4, -0.2) is 11.6 Å². The molecule has 0 aliphatic heterocycles. The summed E-state index contributed by atoms with van der Waals surface area (Å²) in [6.45, 7) is 6.02. The van der Waals surface area contributed by atoms with Gasteiger partial charge in [0.1, 0.15) is 0 Å². The number of hydrogen-bond donors (Lipinski definition) is 0. The van der Waals surface area contributed by atoms with Gasteiger partial charge in [0.25, 0.3) is 0 Å². The minimum atomic E-state index is -4.36. The van der Waals surface area contributed by atoms with Gasteiger partial charge in [-0.15, -0.1) is 0 Å². The van der Waals surface area contributed by atoms with Gasteiger partial charge in [0.2, 0.25) is 5.88 Å². The number of aromatic nitrogens is 1. The lowest BCUT2D eigenvalue weighted by atomic mass is 10.0. The van der Waals surface area contributed by atoms with E-state index in [1.54, 1.807) is 0 Å². The zero-order chi connectivity index (χ0) is 13.1. The summed E-state index contributed by atoms with van der Waals surface area (Å²) in [5, 5.41) is 0. The zero-order valence-corrected chi connectivity index (χ0v) is 10.1. The molecule has 0 bridgehead atoms. The van der Waals surface area contributed by atoms with Crippen molar-refractivity contribution in [1.82, 2.24) is 4.98 Å². The lowest BCUT2D eigenvalue weighted by Gasteiger charge is -2.15. The van der Waals surface area contributed by atoms with Crippen LogP contribution in [0.2, 0.25) is 0 Å². The van der Waals surface area contributed by atoms with E-state index in [9.17, 15) is 13.2 Å². The topological polar surface area (TPSA) is 22.1 Å². The van der Waals surface area contributed by atoms with Crippen molar-refractivity contribution in [2.24, 2.45) is 0 Å². The van der Waals surface area contributed by atoms with Crippen molar-refractivity contribution in [1.29, 1.82) is 0 Å². The Morgan fingerprint density at radius 2 is 2.00 bits per heavy atom. The molecular weight excluding hydrogens is 231 g/mol. The van der Waals surface area contributed by atoms with E-state index in [1.165, 1.54) is 0 Å². The minimum absolute atomic E-state index is 0.0587. The molecule has 5 heteroatoms. The lowest BCUT2D eigenvalue weighted by Crippen LogP contribution is -2.09. The molecule has 0 unspecified atom stereocenters. The molecular formula is C12H16F3NO. The fourth-order valence-electron chi connectivity index (χ4n) is 1.36. The third-order valence-electron chi connectivity index (χ3n) is 2.27. The second-order valence-corrected chi connectivity index (χ2v) is 4.12. The molecule has 0 amide bonds. The van der Waals surface area contributed by atoms with E-state index in [1.807, 2.05) is 20.8 Å². The molecule has 17 heavy (non-hydrogen) atoms. The van der Waals surface area contributed by atoms with Crippen LogP contribution < -0.4 is 4.74 Å². The monoisotopic (exact) mass is 247 g/mol. The lowest BCUT2D eigenvalue weighted by molar-refractivity contribution is -0.137. The van der Waals surface area contributed by atoms with Gasteiger partial charge in [-0.05, 0) is 18.4 Å². The van der Waals surface area contributed by atoms with Crippen LogP contribution in [0.15, 0.2) is 12.3 Å². The Labute approximate surface area is 98.8 Å². The third kappa shape index (κ3) is 3.61. The maximum Gasteiger partial charge on any atom is 0.417 e. The fourth-order valence-corrected chi connectivity index (χ4v) is 1.36.